The third kappa shape index (κ3) is 2.68. The molecule has 98 valence electrons. The van der Waals surface area contributed by atoms with Crippen molar-refractivity contribution >= 4 is 5.97 Å². The Balaban J connectivity index is 2.38. The van der Waals surface area contributed by atoms with Gasteiger partial charge >= 0.3 is 5.97 Å². The van der Waals surface area contributed by atoms with Crippen LogP contribution in [0.3, 0.4) is 0 Å². The van der Waals surface area contributed by atoms with Gasteiger partial charge in [-0.3, -0.25) is 0 Å². The standard InChI is InChI=1S/C15H14O4/c1-15(14(17)18,11-7-9-12(16)10-8-11)19-13-5-3-2-4-6-13/h2-10,16H,1H3,(H,17,18). The van der Waals surface area contributed by atoms with Gasteiger partial charge in [-0.15, -0.1) is 0 Å². The van der Waals surface area contributed by atoms with Crippen LogP contribution < -0.4 is 4.74 Å². The van der Waals surface area contributed by atoms with E-state index in [1.54, 1.807) is 24.3 Å². The Morgan fingerprint density at radius 1 is 1.05 bits per heavy atom. The molecule has 0 saturated heterocycles. The largest absolute Gasteiger partial charge is 0.508 e. The Morgan fingerprint density at radius 2 is 1.63 bits per heavy atom. The van der Waals surface area contributed by atoms with E-state index in [0.29, 0.717) is 11.3 Å². The molecule has 0 heterocycles. The van der Waals surface area contributed by atoms with Gasteiger partial charge in [0.05, 0.1) is 0 Å². The quantitative estimate of drug-likeness (QED) is 0.884. The van der Waals surface area contributed by atoms with Crippen molar-refractivity contribution in [2.75, 3.05) is 0 Å². The molecule has 0 fully saturated rings. The summed E-state index contributed by atoms with van der Waals surface area (Å²) >= 11 is 0. The fourth-order valence-corrected chi connectivity index (χ4v) is 1.73. The van der Waals surface area contributed by atoms with Gasteiger partial charge in [-0.2, -0.15) is 0 Å². The van der Waals surface area contributed by atoms with Crippen molar-refractivity contribution in [3.05, 3.63) is 60.2 Å². The first-order valence-corrected chi connectivity index (χ1v) is 5.79. The normalized spacial score (nSPS) is 13.5. The van der Waals surface area contributed by atoms with Gasteiger partial charge in [0.2, 0.25) is 5.60 Å². The summed E-state index contributed by atoms with van der Waals surface area (Å²) in [5.74, 6) is -0.543. The summed E-state index contributed by atoms with van der Waals surface area (Å²) in [6, 6.07) is 14.7. The van der Waals surface area contributed by atoms with E-state index in [1.807, 2.05) is 6.07 Å². The molecule has 4 heteroatoms. The summed E-state index contributed by atoms with van der Waals surface area (Å²) in [6.45, 7) is 1.48. The first kappa shape index (κ1) is 13.0. The zero-order valence-electron chi connectivity index (χ0n) is 10.4. The molecular formula is C15H14O4. The van der Waals surface area contributed by atoms with Gasteiger partial charge in [-0.05, 0) is 31.2 Å². The van der Waals surface area contributed by atoms with Crippen molar-refractivity contribution in [3.63, 3.8) is 0 Å². The number of carbonyl (C=O) groups is 1. The molecule has 2 aromatic rings. The molecule has 0 aliphatic rings. The molecule has 0 bridgehead atoms. The van der Waals surface area contributed by atoms with Crippen LogP contribution in [-0.2, 0) is 10.4 Å². The maximum Gasteiger partial charge on any atom is 0.352 e. The number of aromatic hydroxyl groups is 1. The molecule has 2 N–H and O–H groups in total. The van der Waals surface area contributed by atoms with E-state index in [-0.39, 0.29) is 5.75 Å². The Bertz CT molecular complexity index is 562. The number of aliphatic carboxylic acids is 1. The predicted octanol–water partition coefficient (Wildman–Crippen LogP) is 2.77. The van der Waals surface area contributed by atoms with Crippen LogP contribution in [-0.4, -0.2) is 16.2 Å². The van der Waals surface area contributed by atoms with E-state index in [1.165, 1.54) is 31.2 Å². The lowest BCUT2D eigenvalue weighted by molar-refractivity contribution is -0.154. The highest BCUT2D eigenvalue weighted by Gasteiger charge is 2.37. The number of phenols is 1. The van der Waals surface area contributed by atoms with Crippen molar-refractivity contribution in [3.8, 4) is 11.5 Å². The van der Waals surface area contributed by atoms with E-state index < -0.39 is 11.6 Å². The van der Waals surface area contributed by atoms with Gasteiger partial charge in [-0.1, -0.05) is 30.3 Å². The lowest BCUT2D eigenvalue weighted by atomic mass is 9.95. The topological polar surface area (TPSA) is 66.8 Å². The van der Waals surface area contributed by atoms with Crippen molar-refractivity contribution in [2.24, 2.45) is 0 Å². The maximum absolute atomic E-state index is 11.5. The third-order valence-corrected chi connectivity index (χ3v) is 2.89. The molecule has 2 rings (SSSR count). The van der Waals surface area contributed by atoms with Crippen molar-refractivity contribution in [2.45, 2.75) is 12.5 Å². The fourth-order valence-electron chi connectivity index (χ4n) is 1.73. The van der Waals surface area contributed by atoms with E-state index in [0.717, 1.165) is 0 Å². The van der Waals surface area contributed by atoms with Crippen LogP contribution in [0.4, 0.5) is 0 Å². The van der Waals surface area contributed by atoms with Crippen molar-refractivity contribution in [1.82, 2.24) is 0 Å². The first-order chi connectivity index (χ1) is 9.02. The highest BCUT2D eigenvalue weighted by Crippen LogP contribution is 2.29. The SMILES string of the molecule is CC(Oc1ccccc1)(C(=O)O)c1ccc(O)cc1. The third-order valence-electron chi connectivity index (χ3n) is 2.89. The molecule has 1 atom stereocenters. The average molecular weight is 258 g/mol. The predicted molar refractivity (Wildman–Crippen MR) is 70.2 cm³/mol. The summed E-state index contributed by atoms with van der Waals surface area (Å²) in [6.07, 6.45) is 0. The molecule has 0 radical (unpaired) electrons. The summed E-state index contributed by atoms with van der Waals surface area (Å²) in [5, 5.41) is 18.7. The Labute approximate surface area is 110 Å². The zero-order chi connectivity index (χ0) is 13.9. The molecule has 0 spiro atoms. The second-order valence-corrected chi connectivity index (χ2v) is 4.30. The number of phenolic OH excluding ortho intramolecular Hbond substituents is 1. The van der Waals surface area contributed by atoms with E-state index in [4.69, 9.17) is 4.74 Å². The lowest BCUT2D eigenvalue weighted by Crippen LogP contribution is -2.38. The molecule has 1 unspecified atom stereocenters. The summed E-state index contributed by atoms with van der Waals surface area (Å²) in [5.41, 5.74) is -1.05. The van der Waals surface area contributed by atoms with Crippen LogP contribution in [0.1, 0.15) is 12.5 Å². The van der Waals surface area contributed by atoms with Gasteiger partial charge < -0.3 is 14.9 Å². The second-order valence-electron chi connectivity index (χ2n) is 4.30. The number of rotatable bonds is 4. The van der Waals surface area contributed by atoms with Gasteiger partial charge in [0, 0.05) is 5.56 Å². The molecule has 4 nitrogen and oxygen atoms in total. The summed E-state index contributed by atoms with van der Waals surface area (Å²) in [7, 11) is 0. The molecular weight excluding hydrogens is 244 g/mol. The smallest absolute Gasteiger partial charge is 0.352 e. The van der Waals surface area contributed by atoms with Crippen molar-refractivity contribution in [1.29, 1.82) is 0 Å². The van der Waals surface area contributed by atoms with Crippen LogP contribution in [0, 0.1) is 0 Å². The van der Waals surface area contributed by atoms with E-state index >= 15 is 0 Å². The summed E-state index contributed by atoms with van der Waals surface area (Å²) in [4.78, 5) is 11.5. The van der Waals surface area contributed by atoms with Gasteiger partial charge in [0.15, 0.2) is 0 Å². The van der Waals surface area contributed by atoms with E-state index in [9.17, 15) is 15.0 Å². The average Bonchev–Trinajstić information content (AvgIpc) is 2.40. The Morgan fingerprint density at radius 3 is 2.16 bits per heavy atom. The minimum atomic E-state index is -1.50. The second kappa shape index (κ2) is 5.02. The van der Waals surface area contributed by atoms with Crippen LogP contribution in [0.2, 0.25) is 0 Å². The number of benzene rings is 2. The number of carboxylic acids is 1. The number of para-hydroxylation sites is 1. The molecule has 0 aliphatic heterocycles. The minimum Gasteiger partial charge on any atom is -0.508 e. The monoisotopic (exact) mass is 258 g/mol. The Kier molecular flexibility index (Phi) is 3.42. The van der Waals surface area contributed by atoms with Crippen LogP contribution in [0.25, 0.3) is 0 Å². The fraction of sp³-hybridized carbons (Fsp3) is 0.133. The number of carboxylic acid groups (broad SMARTS) is 1. The number of ether oxygens (including phenoxy) is 1. The molecule has 2 aromatic carbocycles. The summed E-state index contributed by atoms with van der Waals surface area (Å²) < 4.78 is 5.61. The highest BCUT2D eigenvalue weighted by molar-refractivity contribution is 5.79. The van der Waals surface area contributed by atoms with E-state index in [2.05, 4.69) is 0 Å². The van der Waals surface area contributed by atoms with Crippen LogP contribution in [0.5, 0.6) is 11.5 Å². The Hall–Kier alpha value is -2.49. The van der Waals surface area contributed by atoms with Gasteiger partial charge in [-0.25, -0.2) is 4.79 Å². The van der Waals surface area contributed by atoms with Crippen LogP contribution >= 0.6 is 0 Å². The minimum absolute atomic E-state index is 0.0798. The molecule has 0 saturated carbocycles. The molecule has 0 aliphatic carbocycles. The molecule has 0 amide bonds. The first-order valence-electron chi connectivity index (χ1n) is 5.79. The number of hydrogen-bond donors (Lipinski definition) is 2. The van der Waals surface area contributed by atoms with Gasteiger partial charge in [0.1, 0.15) is 11.5 Å². The lowest BCUT2D eigenvalue weighted by Gasteiger charge is -2.26. The zero-order valence-corrected chi connectivity index (χ0v) is 10.4. The maximum atomic E-state index is 11.5. The number of hydrogen-bond acceptors (Lipinski definition) is 3. The van der Waals surface area contributed by atoms with Crippen molar-refractivity contribution < 1.29 is 19.7 Å². The molecule has 0 aromatic heterocycles. The van der Waals surface area contributed by atoms with Gasteiger partial charge in [0.25, 0.3) is 0 Å². The molecule has 19 heavy (non-hydrogen) atoms. The highest BCUT2D eigenvalue weighted by atomic mass is 16.5. The van der Waals surface area contributed by atoms with Crippen LogP contribution in [0.15, 0.2) is 54.6 Å².